The van der Waals surface area contributed by atoms with Crippen LogP contribution in [0.5, 0.6) is 0 Å². The molecule has 0 aromatic heterocycles. The van der Waals surface area contributed by atoms with Crippen molar-refractivity contribution in [1.82, 2.24) is 0 Å². The second-order valence-electron chi connectivity index (χ2n) is 1.63. The first-order valence-electron chi connectivity index (χ1n) is 3.08. The first-order valence-corrected chi connectivity index (χ1v) is 5.92. The summed E-state index contributed by atoms with van der Waals surface area (Å²) >= 11 is 0. The molecule has 0 aliphatic heterocycles. The summed E-state index contributed by atoms with van der Waals surface area (Å²) in [5.74, 6) is 0. The van der Waals surface area contributed by atoms with Gasteiger partial charge in [0.15, 0.2) is 0 Å². The molecule has 0 radical (unpaired) electrons. The molecule has 58 valence electrons. The summed E-state index contributed by atoms with van der Waals surface area (Å²) in [4.78, 5) is 0. The average Bonchev–Trinajstić information content (AvgIpc) is 1.90. The molecule has 0 amide bonds. The Morgan fingerprint density at radius 1 is 1.10 bits per heavy atom. The van der Waals surface area contributed by atoms with Crippen molar-refractivity contribution in [1.29, 1.82) is 0 Å². The van der Waals surface area contributed by atoms with E-state index >= 15 is 0 Å². The Bertz CT molecular complexity index is 132. The molecule has 0 bridgehead atoms. The quantitative estimate of drug-likeness (QED) is 0.451. The predicted molar refractivity (Wildman–Crippen MR) is 44.9 cm³/mol. The summed E-state index contributed by atoms with van der Waals surface area (Å²) in [6.07, 6.45) is 1.87. The van der Waals surface area contributed by atoms with Crippen LogP contribution in [0.3, 0.4) is 0 Å². The van der Waals surface area contributed by atoms with E-state index < -0.39 is 16.5 Å². The Kier molecular flexibility index (Phi) is 6.19. The van der Waals surface area contributed by atoms with Crippen molar-refractivity contribution in [2.75, 3.05) is 12.3 Å². The molecule has 0 aromatic carbocycles. The van der Waals surface area contributed by atoms with Crippen LogP contribution in [0.1, 0.15) is 13.8 Å². The molecule has 0 aliphatic rings. The Morgan fingerprint density at radius 2 is 1.60 bits per heavy atom. The molecule has 0 fully saturated rings. The molecular formula is C6H10F2P2. The van der Waals surface area contributed by atoms with Crippen LogP contribution < -0.4 is 0 Å². The molecule has 0 atom stereocenters. The zero-order valence-corrected chi connectivity index (χ0v) is 7.85. The third kappa shape index (κ3) is 5.10. The summed E-state index contributed by atoms with van der Waals surface area (Å²) in [6, 6.07) is 0. The highest BCUT2D eigenvalue weighted by Gasteiger charge is 1.99. The van der Waals surface area contributed by atoms with Gasteiger partial charge < -0.3 is 0 Å². The Hall–Kier alpha value is 0.280. The number of rotatable bonds is 2. The fraction of sp³-hybridized carbons (Fsp3) is 0.667. The van der Waals surface area contributed by atoms with Crippen molar-refractivity contribution in [3.8, 4) is 11.3 Å². The van der Waals surface area contributed by atoms with Crippen LogP contribution in [0.4, 0.5) is 8.39 Å². The zero-order valence-electron chi connectivity index (χ0n) is 6.06. The van der Waals surface area contributed by atoms with Gasteiger partial charge in [0, 0.05) is 0 Å². The molecule has 4 heteroatoms. The lowest BCUT2D eigenvalue weighted by Crippen LogP contribution is -1.76. The van der Waals surface area contributed by atoms with Gasteiger partial charge in [-0.15, -0.1) is 0 Å². The molecule has 0 aromatic rings. The summed E-state index contributed by atoms with van der Waals surface area (Å²) in [5, 5.41) is 0. The van der Waals surface area contributed by atoms with Crippen LogP contribution in [-0.2, 0) is 0 Å². The first-order chi connectivity index (χ1) is 4.70. The lowest BCUT2D eigenvalue weighted by Gasteiger charge is -2.00. The molecule has 0 N–H and O–H groups in total. The monoisotopic (exact) mass is 182 g/mol. The lowest BCUT2D eigenvalue weighted by molar-refractivity contribution is 0.766. The lowest BCUT2D eigenvalue weighted by atomic mass is 11.0. The molecule has 0 saturated carbocycles. The van der Waals surface area contributed by atoms with E-state index in [9.17, 15) is 8.39 Å². The minimum absolute atomic E-state index is 0.414. The van der Waals surface area contributed by atoms with E-state index in [1.807, 2.05) is 19.5 Å². The van der Waals surface area contributed by atoms with Crippen LogP contribution in [0.15, 0.2) is 0 Å². The van der Waals surface area contributed by atoms with E-state index in [-0.39, 0.29) is 0 Å². The van der Waals surface area contributed by atoms with Crippen LogP contribution in [0, 0.1) is 11.3 Å². The largest absolute Gasteiger partial charge is 0.344 e. The fourth-order valence-electron chi connectivity index (χ4n) is 0.490. The van der Waals surface area contributed by atoms with Crippen molar-refractivity contribution in [3.05, 3.63) is 0 Å². The van der Waals surface area contributed by atoms with Gasteiger partial charge in [0.1, 0.15) is 0 Å². The molecule has 0 heterocycles. The third-order valence-corrected chi connectivity index (χ3v) is 3.47. The molecule has 0 spiro atoms. The topological polar surface area (TPSA) is 0 Å². The van der Waals surface area contributed by atoms with Crippen LogP contribution in [-0.4, -0.2) is 12.3 Å². The van der Waals surface area contributed by atoms with Crippen molar-refractivity contribution in [2.45, 2.75) is 13.8 Å². The van der Waals surface area contributed by atoms with Crippen molar-refractivity contribution >= 4 is 16.5 Å². The van der Waals surface area contributed by atoms with Crippen molar-refractivity contribution in [2.24, 2.45) is 0 Å². The molecular weight excluding hydrogens is 172 g/mol. The SMILES string of the molecule is CCP(C#CP(F)F)CC. The number of hydrogen-bond donors (Lipinski definition) is 0. The van der Waals surface area contributed by atoms with Gasteiger partial charge in [-0.1, -0.05) is 19.5 Å². The van der Waals surface area contributed by atoms with Gasteiger partial charge in [0.2, 0.25) is 0 Å². The van der Waals surface area contributed by atoms with E-state index in [1.54, 1.807) is 0 Å². The van der Waals surface area contributed by atoms with Gasteiger partial charge in [-0.25, -0.2) is 0 Å². The summed E-state index contributed by atoms with van der Waals surface area (Å²) in [7, 11) is -3.40. The Labute approximate surface area is 63.1 Å². The van der Waals surface area contributed by atoms with E-state index in [0.717, 1.165) is 12.3 Å². The first kappa shape index (κ1) is 10.3. The van der Waals surface area contributed by atoms with Gasteiger partial charge in [-0.05, 0) is 25.9 Å². The highest BCUT2D eigenvalue weighted by Crippen LogP contribution is 2.40. The van der Waals surface area contributed by atoms with E-state index in [2.05, 4.69) is 5.66 Å². The highest BCUT2D eigenvalue weighted by molar-refractivity contribution is 7.64. The fourth-order valence-corrected chi connectivity index (χ4v) is 2.12. The Morgan fingerprint density at radius 3 is 1.90 bits per heavy atom. The van der Waals surface area contributed by atoms with Crippen LogP contribution in [0.25, 0.3) is 0 Å². The van der Waals surface area contributed by atoms with Gasteiger partial charge in [-0.2, -0.15) is 8.39 Å². The second-order valence-corrected chi connectivity index (χ2v) is 4.89. The van der Waals surface area contributed by atoms with Gasteiger partial charge >= 0.3 is 8.54 Å². The maximum Gasteiger partial charge on any atom is 0.344 e. The number of halogens is 2. The maximum absolute atomic E-state index is 11.6. The van der Waals surface area contributed by atoms with Crippen molar-refractivity contribution < 1.29 is 8.39 Å². The number of hydrogen-bond acceptors (Lipinski definition) is 0. The minimum atomic E-state index is -2.99. The maximum atomic E-state index is 11.6. The molecule has 0 nitrogen and oxygen atoms in total. The van der Waals surface area contributed by atoms with E-state index in [4.69, 9.17) is 0 Å². The molecule has 0 aliphatic carbocycles. The molecule has 10 heavy (non-hydrogen) atoms. The summed E-state index contributed by atoms with van der Waals surface area (Å²) < 4.78 is 23.1. The van der Waals surface area contributed by atoms with E-state index in [0.29, 0.717) is 0 Å². The minimum Gasteiger partial charge on any atom is -0.173 e. The Balaban J connectivity index is 3.74. The average molecular weight is 182 g/mol. The van der Waals surface area contributed by atoms with Gasteiger partial charge in [0.25, 0.3) is 0 Å². The predicted octanol–water partition coefficient (Wildman–Crippen LogP) is 3.68. The summed E-state index contributed by atoms with van der Waals surface area (Å²) in [5.41, 5.74) is 4.57. The molecule has 0 saturated heterocycles. The second kappa shape index (κ2) is 6.02. The smallest absolute Gasteiger partial charge is 0.173 e. The molecule has 0 rings (SSSR count). The van der Waals surface area contributed by atoms with E-state index in [1.165, 1.54) is 0 Å². The van der Waals surface area contributed by atoms with Crippen LogP contribution >= 0.6 is 16.5 Å². The van der Waals surface area contributed by atoms with Crippen LogP contribution in [0.2, 0.25) is 0 Å². The van der Waals surface area contributed by atoms with Gasteiger partial charge in [-0.3, -0.25) is 0 Å². The zero-order chi connectivity index (χ0) is 7.98. The van der Waals surface area contributed by atoms with Gasteiger partial charge in [0.05, 0.1) is 0 Å². The third-order valence-electron chi connectivity index (χ3n) is 1.06. The normalized spacial score (nSPS) is 9.80. The van der Waals surface area contributed by atoms with Crippen molar-refractivity contribution in [3.63, 3.8) is 0 Å². The highest BCUT2D eigenvalue weighted by atomic mass is 31.2. The standard InChI is InChI=1S/C6H10F2P2/c1-3-9(4-2)5-6-10(7)8/h3-4H2,1-2H3. The summed E-state index contributed by atoms with van der Waals surface area (Å²) in [6.45, 7) is 3.98. The molecule has 0 unspecified atom stereocenters.